The molecule has 1 rings (SSSR count). The van der Waals surface area contributed by atoms with Crippen LogP contribution in [0.2, 0.25) is 0 Å². The number of hydrogen-bond donors (Lipinski definition) is 1. The molecule has 0 saturated carbocycles. The van der Waals surface area contributed by atoms with E-state index < -0.39 is 6.09 Å². The largest absolute Gasteiger partial charge is 0.448 e. The Hall–Kier alpha value is -1.85. The molecule has 0 radical (unpaired) electrons. The van der Waals surface area contributed by atoms with Crippen LogP contribution in [-0.4, -0.2) is 27.8 Å². The van der Waals surface area contributed by atoms with E-state index in [9.17, 15) is 4.79 Å². The van der Waals surface area contributed by atoms with Gasteiger partial charge in [0.25, 0.3) is 0 Å². The van der Waals surface area contributed by atoms with Crippen molar-refractivity contribution in [1.82, 2.24) is 9.97 Å². The zero-order valence-electron chi connectivity index (χ0n) is 9.01. The van der Waals surface area contributed by atoms with Crippen LogP contribution in [-0.2, 0) is 4.74 Å². The van der Waals surface area contributed by atoms with Gasteiger partial charge in [0.1, 0.15) is 5.82 Å². The van der Waals surface area contributed by atoms with Crippen molar-refractivity contribution in [2.24, 2.45) is 4.99 Å². The maximum atomic E-state index is 10.1. The van der Waals surface area contributed by atoms with Gasteiger partial charge in [0.05, 0.1) is 17.5 Å². The molecule has 0 aliphatic heterocycles. The Labute approximate surface area is 98.6 Å². The lowest BCUT2D eigenvalue weighted by molar-refractivity contribution is 0.164. The lowest BCUT2D eigenvalue weighted by Gasteiger charge is -1.91. The number of hydrogen-bond acceptors (Lipinski definition) is 6. The van der Waals surface area contributed by atoms with E-state index in [1.54, 1.807) is 19.3 Å². The van der Waals surface area contributed by atoms with Gasteiger partial charge in [-0.25, -0.2) is 9.78 Å². The van der Waals surface area contributed by atoms with Crippen molar-refractivity contribution in [2.75, 3.05) is 12.3 Å². The first-order chi connectivity index (χ1) is 7.61. The van der Waals surface area contributed by atoms with Gasteiger partial charge in [0.15, 0.2) is 0 Å². The lowest BCUT2D eigenvalue weighted by atomic mass is 10.5. The minimum atomic E-state index is -0.678. The van der Waals surface area contributed by atoms with Gasteiger partial charge in [-0.05, 0) is 26.1 Å². The fourth-order valence-electron chi connectivity index (χ4n) is 0.611. The van der Waals surface area contributed by atoms with Gasteiger partial charge in [-0.1, -0.05) is 0 Å². The second-order valence-electron chi connectivity index (χ2n) is 2.43. The molecule has 6 nitrogen and oxygen atoms in total. The Bertz CT molecular complexity index is 370. The molecule has 0 saturated heterocycles. The van der Waals surface area contributed by atoms with E-state index in [2.05, 4.69) is 31.9 Å². The highest BCUT2D eigenvalue weighted by atomic mass is 32.1. The van der Waals surface area contributed by atoms with E-state index in [1.165, 1.54) is 0 Å². The molecule has 0 spiro atoms. The number of carbonyl (C=O) groups excluding carboxylic acids is 1. The average Bonchev–Trinajstić information content (AvgIpc) is 2.24. The standard InChI is InChI=1S/C5H7N3.C4H5NO2S/c1-4-5(6)8-3-2-7-4;1-2-7-4(6)5-3-8/h2-3H,1H3,(H2,6,8);2H2,1H3. The number of thiocarbonyl (C=S) groups is 1. The fourth-order valence-corrected chi connectivity index (χ4v) is 0.686. The molecule has 16 heavy (non-hydrogen) atoms. The van der Waals surface area contributed by atoms with Crippen molar-refractivity contribution in [2.45, 2.75) is 13.8 Å². The fraction of sp³-hybridized carbons (Fsp3) is 0.333. The molecule has 0 aromatic carbocycles. The van der Waals surface area contributed by atoms with E-state index in [1.807, 2.05) is 12.1 Å². The number of rotatable bonds is 1. The quantitative estimate of drug-likeness (QED) is 0.592. The average molecular weight is 240 g/mol. The molecule has 86 valence electrons. The van der Waals surface area contributed by atoms with Crippen molar-refractivity contribution >= 4 is 29.3 Å². The van der Waals surface area contributed by atoms with Crippen molar-refractivity contribution < 1.29 is 9.53 Å². The summed E-state index contributed by atoms with van der Waals surface area (Å²) in [5.74, 6) is 0.507. The van der Waals surface area contributed by atoms with Crippen LogP contribution in [0.3, 0.4) is 0 Å². The Morgan fingerprint density at radius 3 is 2.62 bits per heavy atom. The first-order valence-corrected chi connectivity index (χ1v) is 4.80. The van der Waals surface area contributed by atoms with Crippen molar-refractivity contribution in [3.8, 4) is 0 Å². The van der Waals surface area contributed by atoms with Gasteiger partial charge in [0, 0.05) is 12.4 Å². The lowest BCUT2D eigenvalue weighted by Crippen LogP contribution is -1.95. The molecule has 2 N–H and O–H groups in total. The third-order valence-corrected chi connectivity index (χ3v) is 1.42. The number of amides is 1. The third-order valence-electron chi connectivity index (χ3n) is 1.32. The maximum Gasteiger partial charge on any atom is 0.442 e. The van der Waals surface area contributed by atoms with E-state index >= 15 is 0 Å². The number of nitrogens with two attached hydrogens (primary N) is 1. The number of carbonyl (C=O) groups is 1. The molecule has 0 aliphatic rings. The van der Waals surface area contributed by atoms with Crippen LogP contribution in [0, 0.1) is 6.92 Å². The summed E-state index contributed by atoms with van der Waals surface area (Å²) < 4.78 is 4.35. The molecule has 1 amide bonds. The van der Waals surface area contributed by atoms with Crippen molar-refractivity contribution in [3.05, 3.63) is 18.1 Å². The van der Waals surface area contributed by atoms with E-state index in [4.69, 9.17) is 5.73 Å². The number of ether oxygens (including phenoxy) is 1. The Balaban J connectivity index is 0.000000281. The highest BCUT2D eigenvalue weighted by Gasteiger charge is 1.91. The number of aliphatic imine (C=N–C) groups is 1. The molecule has 1 aromatic rings. The summed E-state index contributed by atoms with van der Waals surface area (Å²) in [6.07, 6.45) is 2.51. The monoisotopic (exact) mass is 240 g/mol. The first-order valence-electron chi connectivity index (χ1n) is 4.39. The predicted molar refractivity (Wildman–Crippen MR) is 63.2 cm³/mol. The van der Waals surface area contributed by atoms with E-state index in [-0.39, 0.29) is 0 Å². The molecule has 0 bridgehead atoms. The van der Waals surface area contributed by atoms with Crippen LogP contribution in [0.1, 0.15) is 12.6 Å². The summed E-state index contributed by atoms with van der Waals surface area (Å²) >= 11 is 4.12. The molecule has 0 fully saturated rings. The number of anilines is 1. The Morgan fingerprint density at radius 2 is 2.25 bits per heavy atom. The van der Waals surface area contributed by atoms with Crippen LogP contribution in [0.5, 0.6) is 0 Å². The van der Waals surface area contributed by atoms with Crippen LogP contribution < -0.4 is 5.73 Å². The molecular weight excluding hydrogens is 228 g/mol. The minimum absolute atomic E-state index is 0.319. The zero-order chi connectivity index (χ0) is 12.4. The third kappa shape index (κ3) is 6.58. The highest BCUT2D eigenvalue weighted by Crippen LogP contribution is 1.97. The molecular formula is C9H12N4O2S. The van der Waals surface area contributed by atoms with Crippen LogP contribution in [0.15, 0.2) is 17.4 Å². The number of nitrogens with zero attached hydrogens (tertiary/aromatic N) is 3. The number of aromatic nitrogens is 2. The first kappa shape index (κ1) is 14.2. The SMILES string of the molecule is CCOC(=O)N=C=S.Cc1nccnc1N. The van der Waals surface area contributed by atoms with E-state index in [0.29, 0.717) is 12.4 Å². The van der Waals surface area contributed by atoms with Crippen LogP contribution >= 0.6 is 12.2 Å². The van der Waals surface area contributed by atoms with Gasteiger partial charge in [0.2, 0.25) is 0 Å². The van der Waals surface area contributed by atoms with Crippen LogP contribution in [0.4, 0.5) is 10.6 Å². The molecule has 7 heteroatoms. The summed E-state index contributed by atoms with van der Waals surface area (Å²) in [6.45, 7) is 3.83. The Morgan fingerprint density at radius 1 is 1.62 bits per heavy atom. The number of isothiocyanates is 1. The molecule has 0 atom stereocenters. The smallest absolute Gasteiger partial charge is 0.442 e. The number of aryl methyl sites for hydroxylation is 1. The van der Waals surface area contributed by atoms with E-state index in [0.717, 1.165) is 5.69 Å². The van der Waals surface area contributed by atoms with Gasteiger partial charge < -0.3 is 10.5 Å². The second-order valence-corrected chi connectivity index (χ2v) is 2.61. The number of nitrogen functional groups attached to an aromatic ring is 1. The maximum absolute atomic E-state index is 10.1. The van der Waals surface area contributed by atoms with Gasteiger partial charge in [-0.15, -0.1) is 4.99 Å². The topological polar surface area (TPSA) is 90.5 Å². The molecule has 1 heterocycles. The molecule has 0 aliphatic carbocycles. The zero-order valence-corrected chi connectivity index (χ0v) is 9.82. The van der Waals surface area contributed by atoms with Gasteiger partial charge in [-0.3, -0.25) is 4.98 Å². The van der Waals surface area contributed by atoms with Crippen molar-refractivity contribution in [1.29, 1.82) is 0 Å². The van der Waals surface area contributed by atoms with Crippen molar-refractivity contribution in [3.63, 3.8) is 0 Å². The van der Waals surface area contributed by atoms with Gasteiger partial charge in [-0.2, -0.15) is 0 Å². The minimum Gasteiger partial charge on any atom is -0.448 e. The summed E-state index contributed by atoms with van der Waals surface area (Å²) in [7, 11) is 0. The molecule has 1 aromatic heterocycles. The summed E-state index contributed by atoms with van der Waals surface area (Å²) in [6, 6.07) is 0. The predicted octanol–water partition coefficient (Wildman–Crippen LogP) is 1.61. The van der Waals surface area contributed by atoms with Crippen LogP contribution in [0.25, 0.3) is 0 Å². The normalized spacial score (nSPS) is 8.12. The Kier molecular flexibility index (Phi) is 7.48. The van der Waals surface area contributed by atoms with Gasteiger partial charge >= 0.3 is 6.09 Å². The summed E-state index contributed by atoms with van der Waals surface area (Å²) in [5, 5.41) is 1.89. The second kappa shape index (κ2) is 8.46. The summed E-state index contributed by atoms with van der Waals surface area (Å²) in [5.41, 5.74) is 6.13. The highest BCUT2D eigenvalue weighted by molar-refractivity contribution is 7.78. The molecule has 0 unspecified atom stereocenters. The summed E-state index contributed by atoms with van der Waals surface area (Å²) in [4.78, 5) is 20.8.